The van der Waals surface area contributed by atoms with Crippen molar-refractivity contribution in [2.45, 2.75) is 32.9 Å². The second-order valence-corrected chi connectivity index (χ2v) is 5.73. The number of nitrogens with zero attached hydrogens (tertiary/aromatic N) is 4. The minimum atomic E-state index is 0.735. The van der Waals surface area contributed by atoms with Crippen LogP contribution in [0.1, 0.15) is 24.2 Å². The molecular weight excluding hydrogens is 248 g/mol. The van der Waals surface area contributed by atoms with Crippen LogP contribution >= 0.6 is 0 Å². The van der Waals surface area contributed by atoms with E-state index in [-0.39, 0.29) is 0 Å². The monoisotopic (exact) mass is 270 g/mol. The first-order chi connectivity index (χ1) is 9.81. The van der Waals surface area contributed by atoms with Gasteiger partial charge in [-0.3, -0.25) is 9.88 Å². The van der Waals surface area contributed by atoms with Crippen LogP contribution in [0.25, 0.3) is 0 Å². The lowest BCUT2D eigenvalue weighted by atomic mass is 9.97. The smallest absolute Gasteiger partial charge is 0.105 e. The summed E-state index contributed by atoms with van der Waals surface area (Å²) >= 11 is 0. The molecule has 0 spiro atoms. The van der Waals surface area contributed by atoms with Crippen LogP contribution in [0, 0.1) is 12.8 Å². The predicted octanol–water partition coefficient (Wildman–Crippen LogP) is 2.50. The summed E-state index contributed by atoms with van der Waals surface area (Å²) in [7, 11) is 0. The van der Waals surface area contributed by atoms with Crippen molar-refractivity contribution in [1.29, 1.82) is 0 Å². The third-order valence-corrected chi connectivity index (χ3v) is 4.14. The molecule has 1 saturated heterocycles. The van der Waals surface area contributed by atoms with Crippen LogP contribution in [0.4, 0.5) is 0 Å². The van der Waals surface area contributed by atoms with Gasteiger partial charge < -0.3 is 4.57 Å². The number of aromatic nitrogens is 3. The van der Waals surface area contributed by atoms with Crippen molar-refractivity contribution in [3.05, 3.63) is 48.3 Å². The molecule has 0 aliphatic carbocycles. The molecule has 4 heteroatoms. The molecule has 0 saturated carbocycles. The van der Waals surface area contributed by atoms with E-state index in [2.05, 4.69) is 44.7 Å². The van der Waals surface area contributed by atoms with Gasteiger partial charge in [0.05, 0.1) is 0 Å². The summed E-state index contributed by atoms with van der Waals surface area (Å²) in [5.74, 6) is 1.86. The van der Waals surface area contributed by atoms with E-state index in [1.165, 1.54) is 31.5 Å². The minimum Gasteiger partial charge on any atom is -0.335 e. The molecule has 0 radical (unpaired) electrons. The van der Waals surface area contributed by atoms with Crippen LogP contribution in [-0.2, 0) is 13.1 Å². The Kier molecular flexibility index (Phi) is 4.11. The van der Waals surface area contributed by atoms with E-state index in [0.29, 0.717) is 0 Å². The summed E-state index contributed by atoms with van der Waals surface area (Å²) in [6, 6.07) is 4.23. The number of piperidine rings is 1. The van der Waals surface area contributed by atoms with E-state index in [0.717, 1.165) is 24.8 Å². The van der Waals surface area contributed by atoms with Gasteiger partial charge in [-0.25, -0.2) is 4.98 Å². The normalized spacial score (nSPS) is 20.1. The fourth-order valence-corrected chi connectivity index (χ4v) is 3.07. The van der Waals surface area contributed by atoms with E-state index in [1.54, 1.807) is 0 Å². The molecule has 1 aliphatic rings. The highest BCUT2D eigenvalue weighted by molar-refractivity contribution is 5.09. The number of pyridine rings is 1. The predicted molar refractivity (Wildman–Crippen MR) is 79.2 cm³/mol. The van der Waals surface area contributed by atoms with Gasteiger partial charge in [0.1, 0.15) is 5.82 Å². The molecule has 1 fully saturated rings. The highest BCUT2D eigenvalue weighted by Crippen LogP contribution is 2.20. The Morgan fingerprint density at radius 3 is 2.85 bits per heavy atom. The lowest BCUT2D eigenvalue weighted by molar-refractivity contribution is 0.155. The molecule has 0 aromatic carbocycles. The summed E-state index contributed by atoms with van der Waals surface area (Å²) in [5.41, 5.74) is 1.36. The van der Waals surface area contributed by atoms with Crippen molar-refractivity contribution in [2.75, 3.05) is 13.1 Å². The molecule has 2 aromatic heterocycles. The molecule has 0 N–H and O–H groups in total. The number of likely N-dealkylation sites (tertiary alicyclic amines) is 1. The molecule has 2 aromatic rings. The SMILES string of the molecule is Cc1nccn1CC1CCCN(Cc2ccncc2)C1. The number of hydrogen-bond donors (Lipinski definition) is 0. The van der Waals surface area contributed by atoms with Gasteiger partial charge in [-0.2, -0.15) is 0 Å². The van der Waals surface area contributed by atoms with Gasteiger partial charge in [-0.05, 0) is 49.9 Å². The van der Waals surface area contributed by atoms with E-state index >= 15 is 0 Å². The molecule has 0 amide bonds. The second-order valence-electron chi connectivity index (χ2n) is 5.73. The van der Waals surface area contributed by atoms with E-state index in [1.807, 2.05) is 18.6 Å². The van der Waals surface area contributed by atoms with Crippen LogP contribution in [0.3, 0.4) is 0 Å². The maximum atomic E-state index is 4.31. The maximum Gasteiger partial charge on any atom is 0.105 e. The number of hydrogen-bond acceptors (Lipinski definition) is 3. The van der Waals surface area contributed by atoms with Gasteiger partial charge in [0, 0.05) is 44.4 Å². The average molecular weight is 270 g/mol. The van der Waals surface area contributed by atoms with Crippen molar-refractivity contribution >= 4 is 0 Å². The zero-order valence-electron chi connectivity index (χ0n) is 12.1. The summed E-state index contributed by atoms with van der Waals surface area (Å²) in [5, 5.41) is 0. The fourth-order valence-electron chi connectivity index (χ4n) is 3.07. The van der Waals surface area contributed by atoms with Crippen LogP contribution < -0.4 is 0 Å². The Labute approximate surface area is 120 Å². The molecule has 0 bridgehead atoms. The van der Waals surface area contributed by atoms with Gasteiger partial charge in [-0.15, -0.1) is 0 Å². The third kappa shape index (κ3) is 3.25. The maximum absolute atomic E-state index is 4.31. The minimum absolute atomic E-state index is 0.735. The summed E-state index contributed by atoms with van der Waals surface area (Å²) in [6.07, 6.45) is 10.4. The van der Waals surface area contributed by atoms with Gasteiger partial charge in [0.2, 0.25) is 0 Å². The second kappa shape index (κ2) is 6.18. The van der Waals surface area contributed by atoms with Gasteiger partial charge in [0.25, 0.3) is 0 Å². The van der Waals surface area contributed by atoms with E-state index < -0.39 is 0 Å². The number of rotatable bonds is 4. The van der Waals surface area contributed by atoms with Crippen LogP contribution in [-0.4, -0.2) is 32.5 Å². The Bertz CT molecular complexity index is 534. The van der Waals surface area contributed by atoms with E-state index in [9.17, 15) is 0 Å². The Hall–Kier alpha value is -1.68. The van der Waals surface area contributed by atoms with Crippen LogP contribution in [0.2, 0.25) is 0 Å². The highest BCUT2D eigenvalue weighted by atomic mass is 15.1. The standard InChI is InChI=1S/C16H22N4/c1-14-18-8-10-20(14)13-16-3-2-9-19(12-16)11-15-4-6-17-7-5-15/h4-8,10,16H,2-3,9,11-13H2,1H3. The van der Waals surface area contributed by atoms with Crippen molar-refractivity contribution in [2.24, 2.45) is 5.92 Å². The number of aryl methyl sites for hydroxylation is 1. The molecule has 3 heterocycles. The van der Waals surface area contributed by atoms with Gasteiger partial charge >= 0.3 is 0 Å². The lowest BCUT2D eigenvalue weighted by Crippen LogP contribution is -2.36. The van der Waals surface area contributed by atoms with Crippen molar-refractivity contribution in [1.82, 2.24) is 19.4 Å². The van der Waals surface area contributed by atoms with E-state index in [4.69, 9.17) is 0 Å². The van der Waals surface area contributed by atoms with Crippen molar-refractivity contribution in [3.63, 3.8) is 0 Å². The van der Waals surface area contributed by atoms with Crippen LogP contribution in [0.5, 0.6) is 0 Å². The van der Waals surface area contributed by atoms with Gasteiger partial charge in [0.15, 0.2) is 0 Å². The Balaban J connectivity index is 1.58. The Morgan fingerprint density at radius 2 is 2.10 bits per heavy atom. The summed E-state index contributed by atoms with van der Waals surface area (Å²) in [6.45, 7) is 6.61. The van der Waals surface area contributed by atoms with Gasteiger partial charge in [-0.1, -0.05) is 0 Å². The van der Waals surface area contributed by atoms with Crippen LogP contribution in [0.15, 0.2) is 36.9 Å². The summed E-state index contributed by atoms with van der Waals surface area (Å²) in [4.78, 5) is 11.0. The molecule has 1 atom stereocenters. The largest absolute Gasteiger partial charge is 0.335 e. The van der Waals surface area contributed by atoms with Crippen molar-refractivity contribution < 1.29 is 0 Å². The quantitative estimate of drug-likeness (QED) is 0.856. The molecule has 4 nitrogen and oxygen atoms in total. The molecular formula is C16H22N4. The fraction of sp³-hybridized carbons (Fsp3) is 0.500. The molecule has 1 aliphatic heterocycles. The molecule has 1 unspecified atom stereocenters. The summed E-state index contributed by atoms with van der Waals surface area (Å²) < 4.78 is 2.28. The van der Waals surface area contributed by atoms with Crippen molar-refractivity contribution in [3.8, 4) is 0 Å². The zero-order valence-corrected chi connectivity index (χ0v) is 12.1. The Morgan fingerprint density at radius 1 is 1.25 bits per heavy atom. The third-order valence-electron chi connectivity index (χ3n) is 4.14. The zero-order chi connectivity index (χ0) is 13.8. The average Bonchev–Trinajstić information content (AvgIpc) is 2.86. The molecule has 106 valence electrons. The first-order valence-electron chi connectivity index (χ1n) is 7.40. The lowest BCUT2D eigenvalue weighted by Gasteiger charge is -2.33. The first-order valence-corrected chi connectivity index (χ1v) is 7.40. The topological polar surface area (TPSA) is 34.0 Å². The molecule has 20 heavy (non-hydrogen) atoms. The molecule has 3 rings (SSSR count). The first kappa shape index (κ1) is 13.3. The number of imidazole rings is 1. The highest BCUT2D eigenvalue weighted by Gasteiger charge is 2.20.